The Kier molecular flexibility index (Phi) is 6.88. The number of thiocarbonyl (C=S) groups is 1. The molecule has 0 spiro atoms. The Balaban J connectivity index is 2.32. The molecule has 1 aromatic heterocycles. The number of aryl methyl sites for hydroxylation is 1. The average Bonchev–Trinajstić information content (AvgIpc) is 2.97. The number of rotatable bonds is 5. The van der Waals surface area contributed by atoms with E-state index in [1.165, 1.54) is 24.1 Å². The number of nitrogens with one attached hydrogen (secondary N) is 2. The quantitative estimate of drug-likeness (QED) is 0.316. The molecule has 2 N–H and O–H groups in total. The van der Waals surface area contributed by atoms with Gasteiger partial charge in [-0.2, -0.15) is 0 Å². The summed E-state index contributed by atoms with van der Waals surface area (Å²) in [5, 5.41) is 17.3. The predicted octanol–water partition coefficient (Wildman–Crippen LogP) is 3.57. The number of nitro benzene ring substituents is 1. The molecule has 1 aromatic carbocycles. The fraction of sp³-hybridized carbons (Fsp3) is 0.278. The number of nitro groups is 1. The molecule has 0 saturated heterocycles. The molecule has 1 amide bonds. The maximum Gasteiger partial charge on any atom is 0.341 e. The zero-order valence-corrected chi connectivity index (χ0v) is 18.1. The van der Waals surface area contributed by atoms with Crippen LogP contribution in [-0.4, -0.2) is 48.0 Å². The highest BCUT2D eigenvalue weighted by Gasteiger charge is 2.26. The number of hydrogen-bond acceptors (Lipinski definition) is 7. The van der Waals surface area contributed by atoms with Gasteiger partial charge in [-0.1, -0.05) is 0 Å². The van der Waals surface area contributed by atoms with Crippen molar-refractivity contribution < 1.29 is 19.2 Å². The van der Waals surface area contributed by atoms with Crippen LogP contribution in [0.2, 0.25) is 0 Å². The van der Waals surface area contributed by atoms with Gasteiger partial charge in [0.15, 0.2) is 5.11 Å². The Hall–Kier alpha value is -3.05. The largest absolute Gasteiger partial charge is 0.465 e. The molecular weight excluding hydrogens is 416 g/mol. The van der Waals surface area contributed by atoms with Gasteiger partial charge in [0.05, 0.1) is 22.5 Å². The average molecular weight is 437 g/mol. The summed E-state index contributed by atoms with van der Waals surface area (Å²) in [6.07, 6.45) is 0. The molecular formula is C18H20N4O5S2. The number of ether oxygens (including phenoxy) is 1. The first-order chi connectivity index (χ1) is 13.6. The first-order valence-corrected chi connectivity index (χ1v) is 9.55. The number of amides is 1. The smallest absolute Gasteiger partial charge is 0.341 e. The van der Waals surface area contributed by atoms with Crippen LogP contribution in [0.5, 0.6) is 0 Å². The van der Waals surface area contributed by atoms with E-state index in [1.807, 2.05) is 0 Å². The highest BCUT2D eigenvalue weighted by Crippen LogP contribution is 2.34. The second kappa shape index (κ2) is 8.97. The fourth-order valence-electron chi connectivity index (χ4n) is 2.51. The van der Waals surface area contributed by atoms with Gasteiger partial charge < -0.3 is 20.3 Å². The maximum absolute atomic E-state index is 12.4. The van der Waals surface area contributed by atoms with Gasteiger partial charge in [-0.05, 0) is 43.3 Å². The maximum atomic E-state index is 12.4. The second-order valence-electron chi connectivity index (χ2n) is 6.29. The minimum absolute atomic E-state index is 0.0272. The molecule has 0 aliphatic rings. The van der Waals surface area contributed by atoms with Gasteiger partial charge in [0.25, 0.3) is 11.6 Å². The molecule has 0 bridgehead atoms. The first-order valence-electron chi connectivity index (χ1n) is 8.33. The van der Waals surface area contributed by atoms with Crippen molar-refractivity contribution in [1.82, 2.24) is 4.90 Å². The number of benzene rings is 1. The summed E-state index contributed by atoms with van der Waals surface area (Å²) < 4.78 is 4.84. The molecule has 0 radical (unpaired) electrons. The summed E-state index contributed by atoms with van der Waals surface area (Å²) in [5.41, 5.74) is 1.90. The van der Waals surface area contributed by atoms with Crippen LogP contribution in [0.4, 0.5) is 16.4 Å². The molecule has 0 unspecified atom stereocenters. The van der Waals surface area contributed by atoms with Crippen molar-refractivity contribution in [2.45, 2.75) is 13.8 Å². The molecule has 0 saturated carbocycles. The van der Waals surface area contributed by atoms with E-state index in [4.69, 9.17) is 17.0 Å². The van der Waals surface area contributed by atoms with Crippen molar-refractivity contribution in [3.63, 3.8) is 0 Å². The van der Waals surface area contributed by atoms with Gasteiger partial charge in [-0.25, -0.2) is 4.79 Å². The highest BCUT2D eigenvalue weighted by molar-refractivity contribution is 7.80. The van der Waals surface area contributed by atoms with Crippen LogP contribution in [0, 0.1) is 24.0 Å². The number of esters is 1. The minimum atomic E-state index is -0.589. The third kappa shape index (κ3) is 4.87. The number of non-ortho nitro benzene ring substituents is 1. The van der Waals surface area contributed by atoms with E-state index in [1.54, 1.807) is 34.0 Å². The third-order valence-corrected chi connectivity index (χ3v) is 5.43. The lowest BCUT2D eigenvalue weighted by atomic mass is 10.1. The Morgan fingerprint density at radius 1 is 1.24 bits per heavy atom. The molecule has 0 atom stereocenters. The van der Waals surface area contributed by atoms with Crippen LogP contribution < -0.4 is 10.6 Å². The van der Waals surface area contributed by atoms with Gasteiger partial charge >= 0.3 is 5.97 Å². The topological polar surface area (TPSA) is 114 Å². The van der Waals surface area contributed by atoms with Crippen molar-refractivity contribution in [3.05, 3.63) is 49.9 Å². The molecule has 29 heavy (non-hydrogen) atoms. The van der Waals surface area contributed by atoms with Crippen molar-refractivity contribution in [2.24, 2.45) is 0 Å². The molecule has 2 aromatic rings. The Morgan fingerprint density at radius 3 is 2.41 bits per heavy atom. The summed E-state index contributed by atoms with van der Waals surface area (Å²) in [5.74, 6) is -0.829. The number of hydrogen-bond donors (Lipinski definition) is 2. The molecule has 9 nitrogen and oxygen atoms in total. The van der Waals surface area contributed by atoms with Crippen LogP contribution in [-0.2, 0) is 4.74 Å². The normalized spacial score (nSPS) is 10.2. The van der Waals surface area contributed by atoms with Gasteiger partial charge in [-0.15, -0.1) is 11.3 Å². The summed E-state index contributed by atoms with van der Waals surface area (Å²) >= 11 is 6.41. The molecule has 0 aliphatic carbocycles. The molecule has 0 aliphatic heterocycles. The van der Waals surface area contributed by atoms with Crippen LogP contribution in [0.1, 0.15) is 31.2 Å². The Labute approximate surface area is 176 Å². The molecule has 2 rings (SSSR count). The van der Waals surface area contributed by atoms with E-state index in [-0.39, 0.29) is 22.3 Å². The van der Waals surface area contributed by atoms with E-state index >= 15 is 0 Å². The lowest BCUT2D eigenvalue weighted by Crippen LogP contribution is -2.21. The molecule has 0 fully saturated rings. The zero-order valence-electron chi connectivity index (χ0n) is 16.5. The number of thiophene rings is 1. The number of carbonyl (C=O) groups is 2. The van der Waals surface area contributed by atoms with Gasteiger partial charge in [0.2, 0.25) is 0 Å². The molecule has 1 heterocycles. The van der Waals surface area contributed by atoms with Crippen molar-refractivity contribution in [2.75, 3.05) is 31.8 Å². The van der Waals surface area contributed by atoms with Crippen molar-refractivity contribution in [3.8, 4) is 0 Å². The standard InChI is InChI=1S/C18H20N4O5S2/c1-9-8-11(22(25)26)6-7-12(9)19-18(28)20-15-13(17(24)27-5)10(2)14(29-15)16(23)21(3)4/h6-8H,1-5H3,(H2,19,20,28). The Morgan fingerprint density at radius 2 is 1.90 bits per heavy atom. The van der Waals surface area contributed by atoms with Crippen molar-refractivity contribution in [1.29, 1.82) is 0 Å². The van der Waals surface area contributed by atoms with Gasteiger partial charge in [0.1, 0.15) is 5.00 Å². The number of nitrogens with zero attached hydrogens (tertiary/aromatic N) is 2. The Bertz CT molecular complexity index is 1000. The summed E-state index contributed by atoms with van der Waals surface area (Å²) in [4.78, 5) is 36.9. The monoisotopic (exact) mass is 436 g/mol. The molecule has 154 valence electrons. The highest BCUT2D eigenvalue weighted by atomic mass is 32.1. The van der Waals surface area contributed by atoms with E-state index < -0.39 is 10.9 Å². The summed E-state index contributed by atoms with van der Waals surface area (Å²) in [6.45, 7) is 3.38. The SMILES string of the molecule is COC(=O)c1c(NC(=S)Nc2ccc([N+](=O)[O-])cc2C)sc(C(=O)N(C)C)c1C. The van der Waals surface area contributed by atoms with E-state index in [0.717, 1.165) is 11.3 Å². The minimum Gasteiger partial charge on any atom is -0.465 e. The van der Waals surface area contributed by atoms with E-state index in [9.17, 15) is 19.7 Å². The lowest BCUT2D eigenvalue weighted by Gasteiger charge is -2.12. The predicted molar refractivity (Wildman–Crippen MR) is 116 cm³/mol. The summed E-state index contributed by atoms with van der Waals surface area (Å²) in [7, 11) is 4.50. The summed E-state index contributed by atoms with van der Waals surface area (Å²) in [6, 6.07) is 4.33. The van der Waals surface area contributed by atoms with Crippen LogP contribution in [0.15, 0.2) is 18.2 Å². The lowest BCUT2D eigenvalue weighted by molar-refractivity contribution is -0.384. The van der Waals surface area contributed by atoms with Crippen LogP contribution >= 0.6 is 23.6 Å². The second-order valence-corrected chi connectivity index (χ2v) is 7.72. The number of carbonyl (C=O) groups excluding carboxylic acids is 2. The van der Waals surface area contributed by atoms with Gasteiger partial charge in [-0.3, -0.25) is 14.9 Å². The first kappa shape index (κ1) is 22.2. The third-order valence-electron chi connectivity index (χ3n) is 4.03. The van der Waals surface area contributed by atoms with E-state index in [0.29, 0.717) is 26.7 Å². The molecule has 11 heteroatoms. The number of methoxy groups -OCH3 is 1. The fourth-order valence-corrected chi connectivity index (χ4v) is 4.01. The number of anilines is 2. The van der Waals surface area contributed by atoms with Crippen LogP contribution in [0.25, 0.3) is 0 Å². The van der Waals surface area contributed by atoms with Crippen molar-refractivity contribution >= 4 is 56.9 Å². The van der Waals surface area contributed by atoms with E-state index in [2.05, 4.69) is 10.6 Å². The zero-order chi connectivity index (χ0) is 21.9. The van der Waals surface area contributed by atoms with Crippen LogP contribution in [0.3, 0.4) is 0 Å². The van der Waals surface area contributed by atoms with Gasteiger partial charge in [0, 0.05) is 31.9 Å².